The van der Waals surface area contributed by atoms with Gasteiger partial charge in [-0.3, -0.25) is 0 Å². The maximum Gasteiger partial charge on any atom is 0.269 e. The summed E-state index contributed by atoms with van der Waals surface area (Å²) < 4.78 is 20.2. The van der Waals surface area contributed by atoms with Gasteiger partial charge in [-0.25, -0.2) is 0 Å². The molecule has 2 aliphatic heterocycles. The second-order valence-electron chi connectivity index (χ2n) is 3.24. The van der Waals surface area contributed by atoms with Gasteiger partial charge in [-0.1, -0.05) is 0 Å². The smallest absolute Gasteiger partial charge is 0.269 e. The van der Waals surface area contributed by atoms with E-state index in [4.69, 9.17) is 24.1 Å². The first-order valence-corrected chi connectivity index (χ1v) is 3.88. The Morgan fingerprint density at radius 1 is 1.00 bits per heavy atom. The zero-order chi connectivity index (χ0) is 8.44. The Kier molecular flexibility index (Phi) is 2.29. The van der Waals surface area contributed by atoms with Crippen LogP contribution >= 0.6 is 0 Å². The minimum Gasteiger partial charge on any atom is -0.355 e. The molecule has 1 N–H and O–H groups in total. The molecule has 0 atom stereocenters. The monoisotopic (exact) mass is 176 g/mol. The summed E-state index contributed by atoms with van der Waals surface area (Å²) in [6.07, 6.45) is 0. The summed E-state index contributed by atoms with van der Waals surface area (Å²) in [5.74, 6) is 0. The average molecular weight is 176 g/mol. The van der Waals surface area contributed by atoms with Gasteiger partial charge >= 0.3 is 0 Å². The van der Waals surface area contributed by atoms with E-state index in [1.165, 1.54) is 0 Å². The molecule has 2 fully saturated rings. The van der Waals surface area contributed by atoms with Gasteiger partial charge in [-0.2, -0.15) is 0 Å². The van der Waals surface area contributed by atoms with Crippen LogP contribution in [0.2, 0.25) is 0 Å². The molecule has 0 aliphatic carbocycles. The summed E-state index contributed by atoms with van der Waals surface area (Å²) in [5, 5.41) is 8.90. The van der Waals surface area contributed by atoms with E-state index in [1.54, 1.807) is 0 Å². The molecule has 0 saturated carbocycles. The molecule has 12 heavy (non-hydrogen) atoms. The van der Waals surface area contributed by atoms with Crippen molar-refractivity contribution in [3.05, 3.63) is 0 Å². The molecule has 0 aromatic heterocycles. The van der Waals surface area contributed by atoms with E-state index in [0.29, 0.717) is 33.2 Å². The van der Waals surface area contributed by atoms with E-state index in [2.05, 4.69) is 0 Å². The summed E-state index contributed by atoms with van der Waals surface area (Å²) in [6, 6.07) is 0. The van der Waals surface area contributed by atoms with Crippen LogP contribution in [0.15, 0.2) is 0 Å². The predicted octanol–water partition coefficient (Wildman–Crippen LogP) is -0.700. The lowest BCUT2D eigenvalue weighted by molar-refractivity contribution is -0.342. The van der Waals surface area contributed by atoms with Crippen molar-refractivity contribution < 1.29 is 24.1 Å². The van der Waals surface area contributed by atoms with Gasteiger partial charge in [0.2, 0.25) is 0 Å². The van der Waals surface area contributed by atoms with E-state index >= 15 is 0 Å². The standard InChI is InChI=1S/C7H12O5/c8-6-11-3-7(4-12-6)1-9-5-10-2-7/h6,8H,1-5H2. The first-order valence-electron chi connectivity index (χ1n) is 3.88. The second kappa shape index (κ2) is 3.27. The molecule has 2 heterocycles. The van der Waals surface area contributed by atoms with Gasteiger partial charge in [-0.15, -0.1) is 0 Å². The fourth-order valence-corrected chi connectivity index (χ4v) is 1.37. The first-order chi connectivity index (χ1) is 5.81. The van der Waals surface area contributed by atoms with Crippen LogP contribution in [0.5, 0.6) is 0 Å². The van der Waals surface area contributed by atoms with Crippen molar-refractivity contribution in [2.75, 3.05) is 33.2 Å². The molecule has 2 saturated heterocycles. The van der Waals surface area contributed by atoms with Gasteiger partial charge in [0.15, 0.2) is 0 Å². The molecular formula is C7H12O5. The molecule has 5 nitrogen and oxygen atoms in total. The van der Waals surface area contributed by atoms with Gasteiger partial charge < -0.3 is 24.1 Å². The average Bonchev–Trinajstić information content (AvgIpc) is 2.13. The molecule has 2 aliphatic rings. The van der Waals surface area contributed by atoms with Crippen LogP contribution in [0.4, 0.5) is 0 Å². The Balaban J connectivity index is 1.92. The SMILES string of the molecule is OC1OCC2(COCOC2)CO1. The summed E-state index contributed by atoms with van der Waals surface area (Å²) >= 11 is 0. The summed E-state index contributed by atoms with van der Waals surface area (Å²) in [4.78, 5) is 0. The lowest BCUT2D eigenvalue weighted by Crippen LogP contribution is -2.50. The van der Waals surface area contributed by atoms with Crippen molar-refractivity contribution in [3.8, 4) is 0 Å². The molecule has 0 radical (unpaired) electrons. The van der Waals surface area contributed by atoms with Crippen molar-refractivity contribution in [3.63, 3.8) is 0 Å². The molecule has 2 rings (SSSR count). The number of aliphatic hydroxyl groups excluding tert-OH is 1. The fraction of sp³-hybridized carbons (Fsp3) is 1.00. The zero-order valence-electron chi connectivity index (χ0n) is 6.69. The zero-order valence-corrected chi connectivity index (χ0v) is 6.69. The Labute approximate surface area is 70.2 Å². The van der Waals surface area contributed by atoms with Crippen molar-refractivity contribution in [2.45, 2.75) is 6.48 Å². The fourth-order valence-electron chi connectivity index (χ4n) is 1.37. The topological polar surface area (TPSA) is 57.2 Å². The Hall–Kier alpha value is -0.200. The quantitative estimate of drug-likeness (QED) is 0.529. The van der Waals surface area contributed by atoms with Crippen LogP contribution in [0.1, 0.15) is 0 Å². The van der Waals surface area contributed by atoms with E-state index < -0.39 is 6.48 Å². The predicted molar refractivity (Wildman–Crippen MR) is 37.1 cm³/mol. The lowest BCUT2D eigenvalue weighted by atomic mass is 9.91. The molecular weight excluding hydrogens is 164 g/mol. The third kappa shape index (κ3) is 1.60. The van der Waals surface area contributed by atoms with Crippen molar-refractivity contribution in [2.24, 2.45) is 5.41 Å². The Bertz CT molecular complexity index is 144. The third-order valence-electron chi connectivity index (χ3n) is 2.05. The summed E-state index contributed by atoms with van der Waals surface area (Å²) in [7, 11) is 0. The number of ether oxygens (including phenoxy) is 4. The van der Waals surface area contributed by atoms with Gasteiger partial charge in [-0.05, 0) is 0 Å². The molecule has 0 amide bonds. The van der Waals surface area contributed by atoms with Crippen LogP contribution in [-0.2, 0) is 18.9 Å². The number of aliphatic hydroxyl groups is 1. The van der Waals surface area contributed by atoms with Crippen LogP contribution in [0.3, 0.4) is 0 Å². The Morgan fingerprint density at radius 3 is 2.17 bits per heavy atom. The number of hydrogen-bond donors (Lipinski definition) is 1. The maximum atomic E-state index is 8.90. The van der Waals surface area contributed by atoms with E-state index in [-0.39, 0.29) is 5.41 Å². The molecule has 0 bridgehead atoms. The number of rotatable bonds is 0. The highest BCUT2D eigenvalue weighted by molar-refractivity contribution is 4.81. The van der Waals surface area contributed by atoms with Gasteiger partial charge in [0.05, 0.1) is 31.8 Å². The minimum atomic E-state index is -1.09. The molecule has 0 aromatic rings. The van der Waals surface area contributed by atoms with E-state index in [9.17, 15) is 0 Å². The summed E-state index contributed by atoms with van der Waals surface area (Å²) in [5.41, 5.74) is -0.211. The van der Waals surface area contributed by atoms with Crippen molar-refractivity contribution >= 4 is 0 Å². The van der Waals surface area contributed by atoms with Crippen LogP contribution < -0.4 is 0 Å². The van der Waals surface area contributed by atoms with E-state index in [0.717, 1.165) is 0 Å². The number of hydrogen-bond acceptors (Lipinski definition) is 5. The van der Waals surface area contributed by atoms with Gasteiger partial charge in [0.1, 0.15) is 6.79 Å². The lowest BCUT2D eigenvalue weighted by Gasteiger charge is -2.40. The minimum absolute atomic E-state index is 0.211. The highest BCUT2D eigenvalue weighted by Crippen LogP contribution is 2.27. The molecule has 0 unspecified atom stereocenters. The van der Waals surface area contributed by atoms with Crippen molar-refractivity contribution in [1.82, 2.24) is 0 Å². The highest BCUT2D eigenvalue weighted by Gasteiger charge is 2.39. The first kappa shape index (κ1) is 8.40. The van der Waals surface area contributed by atoms with Crippen LogP contribution in [0, 0.1) is 5.41 Å². The second-order valence-corrected chi connectivity index (χ2v) is 3.24. The van der Waals surface area contributed by atoms with Gasteiger partial charge in [0, 0.05) is 0 Å². The molecule has 1 spiro atoms. The Morgan fingerprint density at radius 2 is 1.58 bits per heavy atom. The molecule has 70 valence electrons. The molecule has 5 heteroatoms. The highest BCUT2D eigenvalue weighted by atomic mass is 16.8. The summed E-state index contributed by atoms with van der Waals surface area (Å²) in [6.45, 7) is 1.24. The molecule has 0 aromatic carbocycles. The maximum absolute atomic E-state index is 8.90. The van der Waals surface area contributed by atoms with E-state index in [1.807, 2.05) is 0 Å². The largest absolute Gasteiger partial charge is 0.355 e. The van der Waals surface area contributed by atoms with Crippen LogP contribution in [-0.4, -0.2) is 44.8 Å². The van der Waals surface area contributed by atoms with Crippen molar-refractivity contribution in [1.29, 1.82) is 0 Å². The van der Waals surface area contributed by atoms with Gasteiger partial charge in [0.25, 0.3) is 6.48 Å². The normalized spacial score (nSPS) is 30.8. The van der Waals surface area contributed by atoms with Crippen LogP contribution in [0.25, 0.3) is 0 Å². The third-order valence-corrected chi connectivity index (χ3v) is 2.05.